The second kappa shape index (κ2) is 7.02. The highest BCUT2D eigenvalue weighted by Crippen LogP contribution is 2.36. The molecule has 0 aliphatic carbocycles. The fourth-order valence-corrected chi connectivity index (χ4v) is 3.16. The SMILES string of the molecule is Oc1c([C@H](Nc2ccccc2Cl)c2ccccn2)ccc2cccnc12. The zero-order chi connectivity index (χ0) is 17.9. The molecule has 128 valence electrons. The molecular formula is C21H16ClN3O. The normalized spacial score (nSPS) is 12.0. The van der Waals surface area contributed by atoms with Crippen LogP contribution in [0.25, 0.3) is 10.9 Å². The van der Waals surface area contributed by atoms with Gasteiger partial charge in [-0.05, 0) is 30.3 Å². The van der Waals surface area contributed by atoms with Crippen LogP contribution in [0.3, 0.4) is 0 Å². The molecule has 0 saturated heterocycles. The lowest BCUT2D eigenvalue weighted by Crippen LogP contribution is -2.14. The molecule has 2 N–H and O–H groups in total. The van der Waals surface area contributed by atoms with Crippen LogP contribution < -0.4 is 5.32 Å². The zero-order valence-electron chi connectivity index (χ0n) is 13.8. The van der Waals surface area contributed by atoms with Gasteiger partial charge in [0, 0.05) is 23.3 Å². The number of nitrogens with one attached hydrogen (secondary N) is 1. The fourth-order valence-electron chi connectivity index (χ4n) is 2.97. The minimum Gasteiger partial charge on any atom is -0.505 e. The van der Waals surface area contributed by atoms with Gasteiger partial charge in [0.25, 0.3) is 0 Å². The van der Waals surface area contributed by atoms with E-state index in [-0.39, 0.29) is 11.8 Å². The monoisotopic (exact) mass is 361 g/mol. The number of phenols is 1. The molecule has 0 aliphatic rings. The summed E-state index contributed by atoms with van der Waals surface area (Å²) in [5, 5.41) is 15.8. The first kappa shape index (κ1) is 16.4. The van der Waals surface area contributed by atoms with Crippen LogP contribution in [0, 0.1) is 0 Å². The number of fused-ring (bicyclic) bond motifs is 1. The summed E-state index contributed by atoms with van der Waals surface area (Å²) in [5.74, 6) is 0.137. The maximum Gasteiger partial charge on any atom is 0.147 e. The summed E-state index contributed by atoms with van der Waals surface area (Å²) >= 11 is 6.32. The number of aromatic hydroxyl groups is 1. The number of aromatic nitrogens is 2. The molecule has 0 saturated carbocycles. The van der Waals surface area contributed by atoms with Crippen LogP contribution in [0.1, 0.15) is 17.3 Å². The molecule has 26 heavy (non-hydrogen) atoms. The Balaban J connectivity index is 1.86. The van der Waals surface area contributed by atoms with E-state index < -0.39 is 0 Å². The van der Waals surface area contributed by atoms with Crippen LogP contribution in [-0.4, -0.2) is 15.1 Å². The van der Waals surface area contributed by atoms with Crippen molar-refractivity contribution < 1.29 is 5.11 Å². The fraction of sp³-hybridized carbons (Fsp3) is 0.0476. The minimum atomic E-state index is -0.373. The lowest BCUT2D eigenvalue weighted by molar-refractivity contribution is 0.471. The Morgan fingerprint density at radius 3 is 2.46 bits per heavy atom. The van der Waals surface area contributed by atoms with Gasteiger partial charge in [-0.1, -0.05) is 48.0 Å². The molecule has 2 aromatic heterocycles. The van der Waals surface area contributed by atoms with E-state index >= 15 is 0 Å². The van der Waals surface area contributed by atoms with Crippen molar-refractivity contribution in [3.05, 3.63) is 95.4 Å². The van der Waals surface area contributed by atoms with Crippen molar-refractivity contribution in [2.45, 2.75) is 6.04 Å². The quantitative estimate of drug-likeness (QED) is 0.525. The van der Waals surface area contributed by atoms with Gasteiger partial charge >= 0.3 is 0 Å². The lowest BCUT2D eigenvalue weighted by Gasteiger charge is -2.22. The Labute approximate surface area is 156 Å². The number of para-hydroxylation sites is 1. The van der Waals surface area contributed by atoms with Crippen LogP contribution >= 0.6 is 11.6 Å². The number of hydrogen-bond donors (Lipinski definition) is 2. The van der Waals surface area contributed by atoms with E-state index in [1.165, 1.54) is 0 Å². The van der Waals surface area contributed by atoms with Crippen molar-refractivity contribution >= 4 is 28.2 Å². The average molecular weight is 362 g/mol. The van der Waals surface area contributed by atoms with Crippen LogP contribution in [0.2, 0.25) is 5.02 Å². The van der Waals surface area contributed by atoms with E-state index in [0.717, 1.165) is 16.8 Å². The molecule has 0 spiro atoms. The van der Waals surface area contributed by atoms with Crippen LogP contribution in [-0.2, 0) is 0 Å². The van der Waals surface area contributed by atoms with Gasteiger partial charge in [-0.25, -0.2) is 0 Å². The predicted octanol–water partition coefficient (Wildman–Crippen LogP) is 5.19. The Morgan fingerprint density at radius 2 is 1.65 bits per heavy atom. The summed E-state index contributed by atoms with van der Waals surface area (Å²) in [4.78, 5) is 8.78. The molecule has 0 aliphatic heterocycles. The second-order valence-corrected chi connectivity index (χ2v) is 6.30. The first-order chi connectivity index (χ1) is 12.7. The van der Waals surface area contributed by atoms with Crippen LogP contribution in [0.5, 0.6) is 5.75 Å². The molecule has 5 heteroatoms. The predicted molar refractivity (Wildman–Crippen MR) is 105 cm³/mol. The zero-order valence-corrected chi connectivity index (χ0v) is 14.6. The average Bonchev–Trinajstić information content (AvgIpc) is 2.69. The molecule has 0 unspecified atom stereocenters. The molecule has 4 nitrogen and oxygen atoms in total. The van der Waals surface area contributed by atoms with Gasteiger partial charge in [-0.15, -0.1) is 0 Å². The van der Waals surface area contributed by atoms with Gasteiger partial charge in [0.15, 0.2) is 0 Å². The maximum absolute atomic E-state index is 10.9. The number of pyridine rings is 2. The summed E-state index contributed by atoms with van der Waals surface area (Å²) in [7, 11) is 0. The molecule has 2 aromatic carbocycles. The summed E-state index contributed by atoms with van der Waals surface area (Å²) in [5.41, 5.74) is 2.80. The molecule has 0 bridgehead atoms. The van der Waals surface area contributed by atoms with Crippen molar-refractivity contribution in [3.8, 4) is 5.75 Å². The number of nitrogens with zero attached hydrogens (tertiary/aromatic N) is 2. The van der Waals surface area contributed by atoms with Crippen molar-refractivity contribution in [1.29, 1.82) is 0 Å². The highest BCUT2D eigenvalue weighted by molar-refractivity contribution is 6.33. The molecule has 0 fully saturated rings. The summed E-state index contributed by atoms with van der Waals surface area (Å²) in [6.45, 7) is 0. The maximum atomic E-state index is 10.9. The van der Waals surface area contributed by atoms with Gasteiger partial charge < -0.3 is 10.4 Å². The van der Waals surface area contributed by atoms with E-state index in [1.54, 1.807) is 12.4 Å². The summed E-state index contributed by atoms with van der Waals surface area (Å²) < 4.78 is 0. The summed E-state index contributed by atoms with van der Waals surface area (Å²) in [6, 6.07) is 20.4. The van der Waals surface area contributed by atoms with Crippen LogP contribution in [0.15, 0.2) is 79.1 Å². The Morgan fingerprint density at radius 1 is 0.846 bits per heavy atom. The van der Waals surface area contributed by atoms with Gasteiger partial charge in [0.1, 0.15) is 11.3 Å². The van der Waals surface area contributed by atoms with Gasteiger partial charge in [0.2, 0.25) is 0 Å². The van der Waals surface area contributed by atoms with E-state index in [4.69, 9.17) is 11.6 Å². The first-order valence-electron chi connectivity index (χ1n) is 8.22. The summed E-state index contributed by atoms with van der Waals surface area (Å²) in [6.07, 6.45) is 3.40. The highest BCUT2D eigenvalue weighted by Gasteiger charge is 2.21. The number of rotatable bonds is 4. The van der Waals surface area contributed by atoms with Crippen molar-refractivity contribution in [3.63, 3.8) is 0 Å². The third-order valence-corrected chi connectivity index (χ3v) is 4.58. The van der Waals surface area contributed by atoms with E-state index in [9.17, 15) is 5.11 Å². The van der Waals surface area contributed by atoms with Crippen molar-refractivity contribution in [1.82, 2.24) is 9.97 Å². The van der Waals surface area contributed by atoms with Crippen LogP contribution in [0.4, 0.5) is 5.69 Å². The van der Waals surface area contributed by atoms with E-state index in [1.807, 2.05) is 66.7 Å². The lowest BCUT2D eigenvalue weighted by atomic mass is 9.99. The van der Waals surface area contributed by atoms with E-state index in [2.05, 4.69) is 15.3 Å². The van der Waals surface area contributed by atoms with Gasteiger partial charge in [-0.2, -0.15) is 0 Å². The molecule has 2 heterocycles. The molecule has 0 radical (unpaired) electrons. The Kier molecular flexibility index (Phi) is 4.42. The Bertz CT molecular complexity index is 1050. The number of phenolic OH excluding ortho intramolecular Hbond substituents is 1. The number of anilines is 1. The van der Waals surface area contributed by atoms with Gasteiger partial charge in [-0.3, -0.25) is 9.97 Å². The number of hydrogen-bond acceptors (Lipinski definition) is 4. The molecule has 4 aromatic rings. The topological polar surface area (TPSA) is 58.0 Å². The first-order valence-corrected chi connectivity index (χ1v) is 8.60. The number of benzene rings is 2. The Hall–Kier alpha value is -3.11. The standard InChI is InChI=1S/C21H16ClN3O/c22-16-7-1-2-8-17(16)25-20(18-9-3-4-12-23-18)15-11-10-14-6-5-13-24-19(14)21(15)26/h1-13,20,25-26H/t20-/m0/s1. The number of halogens is 1. The molecule has 1 atom stereocenters. The second-order valence-electron chi connectivity index (χ2n) is 5.89. The minimum absolute atomic E-state index is 0.137. The molecule has 4 rings (SSSR count). The third kappa shape index (κ3) is 3.07. The van der Waals surface area contributed by atoms with Gasteiger partial charge in [0.05, 0.1) is 22.4 Å². The largest absolute Gasteiger partial charge is 0.505 e. The van der Waals surface area contributed by atoms with E-state index in [0.29, 0.717) is 16.1 Å². The molecule has 0 amide bonds. The smallest absolute Gasteiger partial charge is 0.147 e. The molecular weight excluding hydrogens is 346 g/mol. The van der Waals surface area contributed by atoms with Crippen molar-refractivity contribution in [2.24, 2.45) is 0 Å². The third-order valence-electron chi connectivity index (χ3n) is 4.25. The van der Waals surface area contributed by atoms with Crippen molar-refractivity contribution in [2.75, 3.05) is 5.32 Å². The highest BCUT2D eigenvalue weighted by atomic mass is 35.5.